The molecule has 0 atom stereocenters. The summed E-state index contributed by atoms with van der Waals surface area (Å²) in [6.07, 6.45) is -0.0643. The lowest BCUT2D eigenvalue weighted by molar-refractivity contribution is 1.06. The highest BCUT2D eigenvalue weighted by molar-refractivity contribution is 5.60. The SMILES string of the molecule is [2H]c1ccc(-c2nc([2H])nc(-c3ccc(C)cc3)n2)cc1. The average molecular weight is 249 g/mol. The summed E-state index contributed by atoms with van der Waals surface area (Å²) in [5, 5.41) is 0. The molecule has 92 valence electrons. The summed E-state index contributed by atoms with van der Waals surface area (Å²) in [5.74, 6) is 0.936. The number of rotatable bonds is 2. The van der Waals surface area contributed by atoms with Gasteiger partial charge < -0.3 is 0 Å². The molecule has 1 heterocycles. The Labute approximate surface area is 114 Å². The number of benzene rings is 2. The fourth-order valence-electron chi connectivity index (χ4n) is 1.77. The summed E-state index contributed by atoms with van der Waals surface area (Å²) < 4.78 is 15.3. The van der Waals surface area contributed by atoms with Gasteiger partial charge in [-0.3, -0.25) is 0 Å². The second-order valence-corrected chi connectivity index (χ2v) is 4.24. The van der Waals surface area contributed by atoms with Gasteiger partial charge in [0.25, 0.3) is 0 Å². The highest BCUT2D eigenvalue weighted by Crippen LogP contribution is 2.18. The Morgan fingerprint density at radius 3 is 2.05 bits per heavy atom. The fourth-order valence-corrected chi connectivity index (χ4v) is 1.77. The van der Waals surface area contributed by atoms with Gasteiger partial charge in [0.15, 0.2) is 11.6 Å². The lowest BCUT2D eigenvalue weighted by atomic mass is 10.1. The molecule has 0 N–H and O–H groups in total. The first-order valence-corrected chi connectivity index (χ1v) is 5.98. The van der Waals surface area contributed by atoms with E-state index in [0.29, 0.717) is 17.7 Å². The van der Waals surface area contributed by atoms with Crippen molar-refractivity contribution in [2.45, 2.75) is 6.92 Å². The van der Waals surface area contributed by atoms with Crippen LogP contribution in [0.3, 0.4) is 0 Å². The summed E-state index contributed by atoms with van der Waals surface area (Å²) in [7, 11) is 0. The summed E-state index contributed by atoms with van der Waals surface area (Å²) in [6.45, 7) is 2.01. The largest absolute Gasteiger partial charge is 0.217 e. The van der Waals surface area contributed by atoms with Gasteiger partial charge in [-0.25, -0.2) is 15.0 Å². The van der Waals surface area contributed by atoms with E-state index in [0.717, 1.165) is 16.7 Å². The zero-order valence-corrected chi connectivity index (χ0v) is 10.5. The maximum atomic E-state index is 7.76. The van der Waals surface area contributed by atoms with Gasteiger partial charge in [0.2, 0.25) is 0 Å². The van der Waals surface area contributed by atoms with Crippen LogP contribution in [0.2, 0.25) is 0 Å². The van der Waals surface area contributed by atoms with Crippen LogP contribution >= 0.6 is 0 Å². The van der Waals surface area contributed by atoms with Gasteiger partial charge in [0.1, 0.15) is 7.67 Å². The second-order valence-electron chi connectivity index (χ2n) is 4.24. The smallest absolute Gasteiger partial charge is 0.163 e. The van der Waals surface area contributed by atoms with Gasteiger partial charge in [-0.1, -0.05) is 60.1 Å². The average Bonchev–Trinajstić information content (AvgIpc) is 2.48. The van der Waals surface area contributed by atoms with Crippen LogP contribution < -0.4 is 0 Å². The van der Waals surface area contributed by atoms with Gasteiger partial charge >= 0.3 is 0 Å². The Balaban J connectivity index is 2.07. The van der Waals surface area contributed by atoms with E-state index in [-0.39, 0.29) is 6.30 Å². The first kappa shape index (κ1) is 9.39. The van der Waals surface area contributed by atoms with Crippen molar-refractivity contribution in [1.29, 1.82) is 0 Å². The Bertz CT molecular complexity index is 705. The van der Waals surface area contributed by atoms with Gasteiger partial charge in [-0.2, -0.15) is 0 Å². The Morgan fingerprint density at radius 1 is 0.842 bits per heavy atom. The molecule has 3 aromatic rings. The maximum absolute atomic E-state index is 7.76. The minimum atomic E-state index is -0.0643. The van der Waals surface area contributed by atoms with Crippen molar-refractivity contribution >= 4 is 0 Å². The molecular weight excluding hydrogens is 234 g/mol. The molecule has 0 radical (unpaired) electrons. The van der Waals surface area contributed by atoms with Crippen LogP contribution in [0.1, 0.15) is 8.30 Å². The number of aromatic nitrogens is 3. The van der Waals surface area contributed by atoms with E-state index in [1.54, 1.807) is 24.3 Å². The van der Waals surface area contributed by atoms with Gasteiger partial charge in [0.05, 0.1) is 1.37 Å². The number of hydrogen-bond donors (Lipinski definition) is 0. The molecule has 0 unspecified atom stereocenters. The minimum absolute atomic E-state index is 0.0643. The molecule has 0 aliphatic rings. The number of aryl methyl sites for hydroxylation is 1. The van der Waals surface area contributed by atoms with Gasteiger partial charge in [-0.15, -0.1) is 0 Å². The zero-order chi connectivity index (χ0) is 14.8. The summed E-state index contributed by atoms with van der Waals surface area (Å²) in [6, 6.07) is 15.2. The first-order valence-electron chi connectivity index (χ1n) is 6.98. The third-order valence-corrected chi connectivity index (χ3v) is 2.81. The van der Waals surface area contributed by atoms with Crippen LogP contribution in [0.4, 0.5) is 0 Å². The van der Waals surface area contributed by atoms with E-state index < -0.39 is 0 Å². The molecule has 3 heteroatoms. The van der Waals surface area contributed by atoms with Crippen molar-refractivity contribution in [1.82, 2.24) is 15.0 Å². The molecule has 2 aromatic carbocycles. The zero-order valence-electron chi connectivity index (χ0n) is 12.5. The Hall–Kier alpha value is -2.55. The van der Waals surface area contributed by atoms with E-state index >= 15 is 0 Å². The van der Waals surface area contributed by atoms with Crippen LogP contribution in [0, 0.1) is 6.92 Å². The van der Waals surface area contributed by atoms with Crippen molar-refractivity contribution in [2.24, 2.45) is 0 Å². The standard InChI is InChI=1S/C16H13N3/c1-12-7-9-14(10-8-12)16-18-11-17-15(19-16)13-5-3-2-4-6-13/h2-11H,1H3/i2D,11D. The second kappa shape index (κ2) is 4.98. The summed E-state index contributed by atoms with van der Waals surface area (Å²) in [4.78, 5) is 12.6. The Kier molecular flexibility index (Phi) is 2.46. The molecule has 3 nitrogen and oxygen atoms in total. The normalized spacial score (nSPS) is 11.8. The number of hydrogen-bond acceptors (Lipinski definition) is 3. The third kappa shape index (κ3) is 2.50. The molecule has 0 bridgehead atoms. The van der Waals surface area contributed by atoms with Crippen molar-refractivity contribution in [3.8, 4) is 22.8 Å². The van der Waals surface area contributed by atoms with E-state index in [1.165, 1.54) is 0 Å². The van der Waals surface area contributed by atoms with Crippen molar-refractivity contribution in [2.75, 3.05) is 0 Å². The molecule has 3 rings (SSSR count). The lowest BCUT2D eigenvalue weighted by Gasteiger charge is -2.03. The van der Waals surface area contributed by atoms with E-state index in [4.69, 9.17) is 2.74 Å². The first-order chi connectivity index (χ1) is 10.1. The molecule has 0 saturated heterocycles. The Morgan fingerprint density at radius 2 is 1.42 bits per heavy atom. The van der Waals surface area contributed by atoms with Crippen LogP contribution in [0.15, 0.2) is 60.9 Å². The topological polar surface area (TPSA) is 38.7 Å². The van der Waals surface area contributed by atoms with Crippen molar-refractivity contribution in [3.63, 3.8) is 0 Å². The highest BCUT2D eigenvalue weighted by Gasteiger charge is 2.05. The predicted molar refractivity (Wildman–Crippen MR) is 75.4 cm³/mol. The molecule has 19 heavy (non-hydrogen) atoms. The molecule has 0 fully saturated rings. The van der Waals surface area contributed by atoms with Crippen molar-refractivity contribution in [3.05, 3.63) is 66.4 Å². The molecule has 0 spiro atoms. The monoisotopic (exact) mass is 249 g/mol. The van der Waals surface area contributed by atoms with Gasteiger partial charge in [0, 0.05) is 11.1 Å². The molecule has 0 saturated carbocycles. The maximum Gasteiger partial charge on any atom is 0.163 e. The molecule has 0 amide bonds. The lowest BCUT2D eigenvalue weighted by Crippen LogP contribution is -1.94. The van der Waals surface area contributed by atoms with Crippen molar-refractivity contribution < 1.29 is 2.74 Å². The highest BCUT2D eigenvalue weighted by atomic mass is 15.0. The number of nitrogens with zero attached hydrogens (tertiary/aromatic N) is 3. The molecule has 1 aromatic heterocycles. The quantitative estimate of drug-likeness (QED) is 0.697. The van der Waals surface area contributed by atoms with E-state index in [9.17, 15) is 0 Å². The van der Waals surface area contributed by atoms with Crippen LogP contribution in [0.5, 0.6) is 0 Å². The van der Waals surface area contributed by atoms with E-state index in [1.807, 2.05) is 31.2 Å². The third-order valence-electron chi connectivity index (χ3n) is 2.81. The molecule has 0 aliphatic carbocycles. The van der Waals surface area contributed by atoms with Crippen LogP contribution in [-0.2, 0) is 0 Å². The molecule has 0 aliphatic heterocycles. The summed E-state index contributed by atoms with van der Waals surface area (Å²) in [5.41, 5.74) is 2.79. The molecular formula is C16H13N3. The van der Waals surface area contributed by atoms with Crippen LogP contribution in [-0.4, -0.2) is 15.0 Å². The van der Waals surface area contributed by atoms with Crippen LogP contribution in [0.25, 0.3) is 22.8 Å². The summed E-state index contributed by atoms with van der Waals surface area (Å²) >= 11 is 0. The fraction of sp³-hybridized carbons (Fsp3) is 0.0625. The van der Waals surface area contributed by atoms with E-state index in [2.05, 4.69) is 15.0 Å². The van der Waals surface area contributed by atoms with Gasteiger partial charge in [-0.05, 0) is 6.92 Å². The minimum Gasteiger partial charge on any atom is -0.217 e. The predicted octanol–water partition coefficient (Wildman–Crippen LogP) is 3.51.